The first kappa shape index (κ1) is 14.1. The normalized spacial score (nSPS) is 21.5. The van der Waals surface area contributed by atoms with E-state index in [1.54, 1.807) is 0 Å². The van der Waals surface area contributed by atoms with Gasteiger partial charge in [0, 0.05) is 19.0 Å². The molecule has 0 saturated carbocycles. The second-order valence-electron chi connectivity index (χ2n) is 5.91. The molecule has 1 aromatic rings. The second-order valence-corrected chi connectivity index (χ2v) is 5.91. The summed E-state index contributed by atoms with van der Waals surface area (Å²) in [5, 5.41) is 0. The summed E-state index contributed by atoms with van der Waals surface area (Å²) in [5.74, 6) is 0.453. The van der Waals surface area contributed by atoms with Gasteiger partial charge in [-0.05, 0) is 37.8 Å². The van der Waals surface area contributed by atoms with Gasteiger partial charge < -0.3 is 5.73 Å². The molecule has 1 fully saturated rings. The molecule has 1 heterocycles. The Bertz CT molecular complexity index is 427. The lowest BCUT2D eigenvalue weighted by Crippen LogP contribution is -2.25. The average Bonchev–Trinajstić information content (AvgIpc) is 2.79. The van der Waals surface area contributed by atoms with Crippen molar-refractivity contribution < 1.29 is 4.79 Å². The Morgan fingerprint density at radius 2 is 2.11 bits per heavy atom. The van der Waals surface area contributed by atoms with Crippen LogP contribution in [0.15, 0.2) is 24.3 Å². The minimum Gasteiger partial charge on any atom is -0.369 e. The molecule has 2 N–H and O–H groups in total. The Kier molecular flexibility index (Phi) is 4.59. The number of benzene rings is 1. The van der Waals surface area contributed by atoms with Crippen molar-refractivity contribution in [3.05, 3.63) is 35.4 Å². The monoisotopic (exact) mass is 260 g/mol. The van der Waals surface area contributed by atoms with Gasteiger partial charge in [-0.25, -0.2) is 0 Å². The fourth-order valence-corrected chi connectivity index (χ4v) is 2.82. The van der Waals surface area contributed by atoms with E-state index >= 15 is 0 Å². The third kappa shape index (κ3) is 4.06. The number of carbonyl (C=O) groups is 1. The Morgan fingerprint density at radius 3 is 2.74 bits per heavy atom. The lowest BCUT2D eigenvalue weighted by Gasteiger charge is -2.17. The molecular formula is C16H24N2O. The number of likely N-dealkylation sites (tertiary alicyclic amines) is 1. The van der Waals surface area contributed by atoms with Crippen LogP contribution in [0.5, 0.6) is 0 Å². The minimum atomic E-state index is -0.169. The van der Waals surface area contributed by atoms with Crippen molar-refractivity contribution in [2.45, 2.75) is 33.2 Å². The molecule has 1 saturated heterocycles. The van der Waals surface area contributed by atoms with Crippen LogP contribution in [-0.2, 0) is 11.3 Å². The third-order valence-electron chi connectivity index (χ3n) is 4.07. The van der Waals surface area contributed by atoms with Crippen LogP contribution in [0, 0.1) is 18.8 Å². The van der Waals surface area contributed by atoms with E-state index in [1.165, 1.54) is 17.5 Å². The number of carbonyl (C=O) groups excluding carboxylic acids is 1. The van der Waals surface area contributed by atoms with Gasteiger partial charge in [0.15, 0.2) is 0 Å². The van der Waals surface area contributed by atoms with E-state index in [0.29, 0.717) is 5.92 Å². The zero-order valence-electron chi connectivity index (χ0n) is 11.9. The lowest BCUT2D eigenvalue weighted by molar-refractivity contribution is -0.121. The molecule has 19 heavy (non-hydrogen) atoms. The molecule has 1 aliphatic rings. The van der Waals surface area contributed by atoms with Crippen molar-refractivity contribution in [1.29, 1.82) is 0 Å². The highest BCUT2D eigenvalue weighted by atomic mass is 16.1. The topological polar surface area (TPSA) is 46.3 Å². The molecule has 3 nitrogen and oxygen atoms in total. The van der Waals surface area contributed by atoms with Crippen LogP contribution in [0.25, 0.3) is 0 Å². The van der Waals surface area contributed by atoms with Gasteiger partial charge >= 0.3 is 0 Å². The molecule has 3 heteroatoms. The van der Waals surface area contributed by atoms with Crippen molar-refractivity contribution in [2.24, 2.45) is 17.6 Å². The molecule has 1 aliphatic heterocycles. The standard InChI is InChI=1S/C16H24N2O/c1-12-3-5-14(6-4-12)10-18-8-7-15(11-18)9-13(2)16(17)19/h3-6,13,15H,7-11H2,1-2H3,(H2,17,19). The number of hydrogen-bond acceptors (Lipinski definition) is 2. The molecule has 0 aromatic heterocycles. The molecule has 2 atom stereocenters. The van der Waals surface area contributed by atoms with Crippen LogP contribution in [0.2, 0.25) is 0 Å². The van der Waals surface area contributed by atoms with Crippen LogP contribution in [0.3, 0.4) is 0 Å². The van der Waals surface area contributed by atoms with Crippen LogP contribution >= 0.6 is 0 Å². The zero-order chi connectivity index (χ0) is 13.8. The first-order chi connectivity index (χ1) is 9.04. The van der Waals surface area contributed by atoms with Gasteiger partial charge in [-0.1, -0.05) is 36.8 Å². The molecule has 1 aromatic carbocycles. The Labute approximate surface area is 115 Å². The zero-order valence-corrected chi connectivity index (χ0v) is 11.9. The summed E-state index contributed by atoms with van der Waals surface area (Å²) in [6.45, 7) is 7.28. The highest BCUT2D eigenvalue weighted by Crippen LogP contribution is 2.24. The van der Waals surface area contributed by atoms with Gasteiger partial charge in [0.05, 0.1) is 0 Å². The van der Waals surface area contributed by atoms with Gasteiger partial charge in [-0.15, -0.1) is 0 Å². The summed E-state index contributed by atoms with van der Waals surface area (Å²) in [4.78, 5) is 13.6. The molecule has 0 aliphatic carbocycles. The van der Waals surface area contributed by atoms with E-state index < -0.39 is 0 Å². The number of rotatable bonds is 5. The largest absolute Gasteiger partial charge is 0.369 e. The maximum Gasteiger partial charge on any atom is 0.220 e. The smallest absolute Gasteiger partial charge is 0.220 e. The van der Waals surface area contributed by atoms with Crippen molar-refractivity contribution in [3.8, 4) is 0 Å². The number of amides is 1. The molecule has 104 valence electrons. The molecule has 2 unspecified atom stereocenters. The molecule has 0 spiro atoms. The summed E-state index contributed by atoms with van der Waals surface area (Å²) < 4.78 is 0. The second kappa shape index (κ2) is 6.20. The highest BCUT2D eigenvalue weighted by Gasteiger charge is 2.25. The van der Waals surface area contributed by atoms with E-state index in [9.17, 15) is 4.79 Å². The van der Waals surface area contributed by atoms with Crippen molar-refractivity contribution in [3.63, 3.8) is 0 Å². The van der Waals surface area contributed by atoms with Crippen LogP contribution in [0.1, 0.15) is 30.9 Å². The van der Waals surface area contributed by atoms with Crippen molar-refractivity contribution in [2.75, 3.05) is 13.1 Å². The quantitative estimate of drug-likeness (QED) is 0.883. The van der Waals surface area contributed by atoms with Crippen LogP contribution < -0.4 is 5.73 Å². The average molecular weight is 260 g/mol. The SMILES string of the molecule is Cc1ccc(CN2CCC(CC(C)C(N)=O)C2)cc1. The molecular weight excluding hydrogens is 236 g/mol. The molecule has 0 radical (unpaired) electrons. The maximum atomic E-state index is 11.1. The maximum absolute atomic E-state index is 11.1. The molecule has 0 bridgehead atoms. The highest BCUT2D eigenvalue weighted by molar-refractivity contribution is 5.76. The van der Waals surface area contributed by atoms with E-state index in [0.717, 1.165) is 26.1 Å². The lowest BCUT2D eigenvalue weighted by atomic mass is 9.95. The summed E-state index contributed by atoms with van der Waals surface area (Å²) in [7, 11) is 0. The predicted molar refractivity (Wildman–Crippen MR) is 77.5 cm³/mol. The molecule has 1 amide bonds. The van der Waals surface area contributed by atoms with Gasteiger partial charge in [-0.3, -0.25) is 9.69 Å². The summed E-state index contributed by atoms with van der Waals surface area (Å²) >= 11 is 0. The summed E-state index contributed by atoms with van der Waals surface area (Å²) in [5.41, 5.74) is 8.01. The minimum absolute atomic E-state index is 0.00400. The summed E-state index contributed by atoms with van der Waals surface area (Å²) in [6, 6.07) is 8.74. The number of hydrogen-bond donors (Lipinski definition) is 1. The van der Waals surface area contributed by atoms with Crippen molar-refractivity contribution in [1.82, 2.24) is 4.90 Å². The first-order valence-electron chi connectivity index (χ1n) is 7.12. The van der Waals surface area contributed by atoms with E-state index in [-0.39, 0.29) is 11.8 Å². The van der Waals surface area contributed by atoms with Crippen LogP contribution in [-0.4, -0.2) is 23.9 Å². The fraction of sp³-hybridized carbons (Fsp3) is 0.562. The van der Waals surface area contributed by atoms with Gasteiger partial charge in [0.25, 0.3) is 0 Å². The Hall–Kier alpha value is -1.35. The van der Waals surface area contributed by atoms with E-state index in [2.05, 4.69) is 36.1 Å². The Balaban J connectivity index is 1.82. The third-order valence-corrected chi connectivity index (χ3v) is 4.07. The summed E-state index contributed by atoms with van der Waals surface area (Å²) in [6.07, 6.45) is 2.11. The van der Waals surface area contributed by atoms with Crippen LogP contribution in [0.4, 0.5) is 0 Å². The predicted octanol–water partition coefficient (Wildman–Crippen LogP) is 2.33. The van der Waals surface area contributed by atoms with Gasteiger partial charge in [0.2, 0.25) is 5.91 Å². The number of aryl methyl sites for hydroxylation is 1. The molecule has 2 rings (SSSR count). The number of nitrogens with zero attached hydrogens (tertiary/aromatic N) is 1. The first-order valence-corrected chi connectivity index (χ1v) is 7.12. The number of primary amides is 1. The van der Waals surface area contributed by atoms with E-state index in [1.807, 2.05) is 6.92 Å². The Morgan fingerprint density at radius 1 is 1.42 bits per heavy atom. The van der Waals surface area contributed by atoms with Crippen molar-refractivity contribution >= 4 is 5.91 Å². The number of nitrogens with two attached hydrogens (primary N) is 1. The van der Waals surface area contributed by atoms with Gasteiger partial charge in [0.1, 0.15) is 0 Å². The van der Waals surface area contributed by atoms with Gasteiger partial charge in [-0.2, -0.15) is 0 Å². The van der Waals surface area contributed by atoms with E-state index in [4.69, 9.17) is 5.73 Å². The fourth-order valence-electron chi connectivity index (χ4n) is 2.82.